The summed E-state index contributed by atoms with van der Waals surface area (Å²) in [6.45, 7) is 2.87. The number of nitrogens with one attached hydrogen (secondary N) is 1. The lowest BCUT2D eigenvalue weighted by Gasteiger charge is -2.41. The first-order valence-electron chi connectivity index (χ1n) is 11.2. The highest BCUT2D eigenvalue weighted by Gasteiger charge is 2.44. The summed E-state index contributed by atoms with van der Waals surface area (Å²) < 4.78 is 10.8. The van der Waals surface area contributed by atoms with Crippen LogP contribution >= 0.6 is 11.6 Å². The Labute approximate surface area is 194 Å². The molecule has 6 nitrogen and oxygen atoms in total. The molecule has 168 valence electrons. The van der Waals surface area contributed by atoms with Crippen molar-refractivity contribution >= 4 is 29.1 Å². The van der Waals surface area contributed by atoms with E-state index in [0.29, 0.717) is 30.6 Å². The molecule has 1 aliphatic carbocycles. The molecule has 1 heterocycles. The molecule has 0 spiro atoms. The van der Waals surface area contributed by atoms with Gasteiger partial charge in [-0.25, -0.2) is 4.79 Å². The standard InChI is InChI=1S/C25H28ClN3O3/c1-2-31-20-11-12-21-22(16-27)24(29(23(21)15-20)19-5-3-6-19)17-7-9-18(10-8-17)28-25(30)32-14-4-13-26/h7-12,15,19,22,24H,2-6,13-14H2,1H3,(H,28,30). The van der Waals surface area contributed by atoms with Crippen LogP contribution in [0, 0.1) is 11.3 Å². The van der Waals surface area contributed by atoms with Gasteiger partial charge in [-0.3, -0.25) is 5.32 Å². The van der Waals surface area contributed by atoms with E-state index in [4.69, 9.17) is 21.1 Å². The van der Waals surface area contributed by atoms with Crippen LogP contribution < -0.4 is 15.0 Å². The molecule has 1 saturated carbocycles. The van der Waals surface area contributed by atoms with E-state index in [1.807, 2.05) is 43.3 Å². The number of carbonyl (C=O) groups excluding carboxylic acids is 1. The molecule has 2 unspecified atom stereocenters. The number of nitrogens with zero attached hydrogens (tertiary/aromatic N) is 2. The van der Waals surface area contributed by atoms with Gasteiger partial charge in [0.15, 0.2) is 0 Å². The van der Waals surface area contributed by atoms with Gasteiger partial charge in [-0.15, -0.1) is 11.6 Å². The lowest BCUT2D eigenvalue weighted by molar-refractivity contribution is 0.162. The number of anilines is 2. The maximum atomic E-state index is 11.9. The summed E-state index contributed by atoms with van der Waals surface area (Å²) in [4.78, 5) is 14.3. The fourth-order valence-corrected chi connectivity index (χ4v) is 4.58. The molecule has 32 heavy (non-hydrogen) atoms. The van der Waals surface area contributed by atoms with Crippen LogP contribution in [-0.2, 0) is 4.74 Å². The Kier molecular flexibility index (Phi) is 7.06. The second-order valence-corrected chi connectivity index (χ2v) is 8.50. The molecule has 2 atom stereocenters. The minimum Gasteiger partial charge on any atom is -0.494 e. The van der Waals surface area contributed by atoms with Crippen molar-refractivity contribution in [3.05, 3.63) is 53.6 Å². The van der Waals surface area contributed by atoms with Crippen molar-refractivity contribution < 1.29 is 14.3 Å². The van der Waals surface area contributed by atoms with Gasteiger partial charge in [0.1, 0.15) is 5.75 Å². The van der Waals surface area contributed by atoms with Gasteiger partial charge in [-0.05, 0) is 61.9 Å². The first-order valence-corrected chi connectivity index (χ1v) is 11.7. The highest BCUT2D eigenvalue weighted by Crippen LogP contribution is 2.53. The largest absolute Gasteiger partial charge is 0.494 e. The van der Waals surface area contributed by atoms with Crippen LogP contribution in [0.1, 0.15) is 55.7 Å². The predicted octanol–water partition coefficient (Wildman–Crippen LogP) is 5.98. The highest BCUT2D eigenvalue weighted by atomic mass is 35.5. The summed E-state index contributed by atoms with van der Waals surface area (Å²) in [5.74, 6) is 1.02. The van der Waals surface area contributed by atoms with Crippen molar-refractivity contribution in [1.29, 1.82) is 5.26 Å². The number of benzene rings is 2. The van der Waals surface area contributed by atoms with E-state index in [-0.39, 0.29) is 18.6 Å². The Morgan fingerprint density at radius 3 is 2.66 bits per heavy atom. The number of halogens is 1. The van der Waals surface area contributed by atoms with Crippen molar-refractivity contribution in [3.8, 4) is 11.8 Å². The fraction of sp³-hybridized carbons (Fsp3) is 0.440. The smallest absolute Gasteiger partial charge is 0.411 e. The van der Waals surface area contributed by atoms with Gasteiger partial charge in [-0.1, -0.05) is 18.2 Å². The summed E-state index contributed by atoms with van der Waals surface area (Å²) >= 11 is 5.61. The van der Waals surface area contributed by atoms with Gasteiger partial charge in [-0.2, -0.15) is 5.26 Å². The number of rotatable bonds is 8. The number of hydrogen-bond acceptors (Lipinski definition) is 5. The topological polar surface area (TPSA) is 74.6 Å². The highest BCUT2D eigenvalue weighted by molar-refractivity contribution is 6.17. The third kappa shape index (κ3) is 4.49. The maximum Gasteiger partial charge on any atom is 0.411 e. The van der Waals surface area contributed by atoms with E-state index in [1.54, 1.807) is 0 Å². The molecule has 1 amide bonds. The van der Waals surface area contributed by atoms with Gasteiger partial charge in [0.25, 0.3) is 0 Å². The minimum absolute atomic E-state index is 0.0677. The molecule has 1 fully saturated rings. The molecule has 2 aromatic rings. The minimum atomic E-state index is -0.495. The van der Waals surface area contributed by atoms with Crippen LogP contribution in [0.4, 0.5) is 16.2 Å². The number of carbonyl (C=O) groups is 1. The van der Waals surface area contributed by atoms with Gasteiger partial charge in [0.05, 0.1) is 31.2 Å². The molecule has 0 aromatic heterocycles. The molecule has 0 bridgehead atoms. The Morgan fingerprint density at radius 2 is 2.03 bits per heavy atom. The monoisotopic (exact) mass is 453 g/mol. The molecule has 1 N–H and O–H groups in total. The molecule has 4 rings (SSSR count). The van der Waals surface area contributed by atoms with E-state index in [9.17, 15) is 10.1 Å². The third-order valence-corrected chi connectivity index (χ3v) is 6.43. The average molecular weight is 454 g/mol. The van der Waals surface area contributed by atoms with Crippen LogP contribution in [0.2, 0.25) is 0 Å². The molecule has 1 aliphatic heterocycles. The Bertz CT molecular complexity index is 985. The van der Waals surface area contributed by atoms with Crippen molar-refractivity contribution in [2.45, 2.75) is 50.6 Å². The van der Waals surface area contributed by atoms with Gasteiger partial charge in [0.2, 0.25) is 0 Å². The average Bonchev–Trinajstić information content (AvgIpc) is 3.07. The zero-order valence-electron chi connectivity index (χ0n) is 18.2. The molecule has 2 aromatic carbocycles. The molecule has 0 radical (unpaired) electrons. The zero-order valence-corrected chi connectivity index (χ0v) is 19.0. The quantitative estimate of drug-likeness (QED) is 0.393. The Balaban J connectivity index is 1.58. The van der Waals surface area contributed by atoms with Crippen molar-refractivity contribution in [2.75, 3.05) is 29.3 Å². The summed E-state index contributed by atoms with van der Waals surface area (Å²) in [7, 11) is 0. The van der Waals surface area contributed by atoms with Crippen molar-refractivity contribution in [2.24, 2.45) is 0 Å². The number of amides is 1. The summed E-state index contributed by atoms with van der Waals surface area (Å²) in [6, 6.07) is 16.7. The Morgan fingerprint density at radius 1 is 1.25 bits per heavy atom. The number of hydrogen-bond donors (Lipinski definition) is 1. The molecule has 2 aliphatic rings. The number of ether oxygens (including phenoxy) is 2. The number of nitriles is 1. The van der Waals surface area contributed by atoms with Crippen LogP contribution in [0.15, 0.2) is 42.5 Å². The SMILES string of the molecule is CCOc1ccc2c(c1)N(C1CCC1)C(c1ccc(NC(=O)OCCCCl)cc1)C2C#N. The lowest BCUT2D eigenvalue weighted by Crippen LogP contribution is -2.41. The molecule has 7 heteroatoms. The number of alkyl halides is 1. The summed E-state index contributed by atoms with van der Waals surface area (Å²) in [6.07, 6.45) is 3.58. The normalized spacial score (nSPS) is 19.6. The summed E-state index contributed by atoms with van der Waals surface area (Å²) in [5, 5.41) is 12.8. The van der Waals surface area contributed by atoms with Gasteiger partial charge in [0, 0.05) is 29.4 Å². The van der Waals surface area contributed by atoms with Crippen LogP contribution in [0.25, 0.3) is 0 Å². The van der Waals surface area contributed by atoms with E-state index in [2.05, 4.69) is 22.4 Å². The van der Waals surface area contributed by atoms with Gasteiger partial charge < -0.3 is 14.4 Å². The fourth-order valence-electron chi connectivity index (χ4n) is 4.47. The van der Waals surface area contributed by atoms with Gasteiger partial charge >= 0.3 is 6.09 Å². The summed E-state index contributed by atoms with van der Waals surface area (Å²) in [5.41, 5.74) is 3.86. The third-order valence-electron chi connectivity index (χ3n) is 6.16. The van der Waals surface area contributed by atoms with Crippen molar-refractivity contribution in [3.63, 3.8) is 0 Å². The van der Waals surface area contributed by atoms with E-state index in [1.165, 1.54) is 6.42 Å². The molecular formula is C25H28ClN3O3. The lowest BCUT2D eigenvalue weighted by atomic mass is 9.87. The second-order valence-electron chi connectivity index (χ2n) is 8.12. The van der Waals surface area contributed by atoms with Crippen molar-refractivity contribution in [1.82, 2.24) is 0 Å². The molecule has 0 saturated heterocycles. The van der Waals surface area contributed by atoms with Crippen LogP contribution in [-0.4, -0.2) is 31.2 Å². The first kappa shape index (κ1) is 22.3. The van der Waals surface area contributed by atoms with Crippen LogP contribution in [0.5, 0.6) is 5.75 Å². The second kappa shape index (κ2) is 10.1. The first-order chi connectivity index (χ1) is 15.7. The van der Waals surface area contributed by atoms with E-state index in [0.717, 1.165) is 35.4 Å². The van der Waals surface area contributed by atoms with Crippen LogP contribution in [0.3, 0.4) is 0 Å². The van der Waals surface area contributed by atoms with E-state index < -0.39 is 6.09 Å². The number of fused-ring (bicyclic) bond motifs is 1. The Hall–Kier alpha value is -2.91. The predicted molar refractivity (Wildman–Crippen MR) is 126 cm³/mol. The maximum absolute atomic E-state index is 11.9. The van der Waals surface area contributed by atoms with E-state index >= 15 is 0 Å². The molecular weight excluding hydrogens is 426 g/mol. The zero-order chi connectivity index (χ0) is 22.5.